The Bertz CT molecular complexity index is 1100. The van der Waals surface area contributed by atoms with Crippen LogP contribution in [0, 0.1) is 0 Å². The van der Waals surface area contributed by atoms with E-state index in [0.717, 1.165) is 22.6 Å². The molecular weight excluding hydrogens is 411 g/mol. The normalized spacial score (nSPS) is 12.1. The molecule has 4 aromatic carbocycles. The first kappa shape index (κ1) is 20.1. The molecular formula is C26H18Cl2N2. The van der Waals surface area contributed by atoms with Crippen molar-refractivity contribution in [2.75, 3.05) is 0 Å². The molecule has 0 unspecified atom stereocenters. The minimum atomic E-state index is 0.580. The molecule has 4 aromatic rings. The fraction of sp³-hybridized carbons (Fsp3) is 0. The van der Waals surface area contributed by atoms with Crippen LogP contribution in [0.3, 0.4) is 0 Å². The standard InChI is InChI=1S/C26H18Cl2N2/c27-21-15-7-9-17-23(21)29-25(19-11-3-1-4-12-19)26(20-13-5-2-6-14-20)30-24-18-10-8-16-22(24)28/h1-18H. The van der Waals surface area contributed by atoms with Gasteiger partial charge < -0.3 is 0 Å². The molecule has 0 heterocycles. The smallest absolute Gasteiger partial charge is 0.0972 e. The van der Waals surface area contributed by atoms with Crippen LogP contribution in [0.4, 0.5) is 11.4 Å². The van der Waals surface area contributed by atoms with Crippen molar-refractivity contribution >= 4 is 46.0 Å². The van der Waals surface area contributed by atoms with E-state index in [1.54, 1.807) is 0 Å². The van der Waals surface area contributed by atoms with Crippen molar-refractivity contribution in [3.05, 3.63) is 130 Å². The van der Waals surface area contributed by atoms with Crippen LogP contribution >= 0.6 is 23.2 Å². The number of nitrogens with zero attached hydrogens (tertiary/aromatic N) is 2. The molecule has 0 N–H and O–H groups in total. The zero-order valence-electron chi connectivity index (χ0n) is 16.0. The van der Waals surface area contributed by atoms with E-state index < -0.39 is 0 Å². The second-order valence-corrected chi connectivity index (χ2v) is 7.37. The van der Waals surface area contributed by atoms with E-state index in [4.69, 9.17) is 33.2 Å². The molecule has 0 aromatic heterocycles. The summed E-state index contributed by atoms with van der Waals surface area (Å²) in [5.74, 6) is 0. The Morgan fingerprint density at radius 3 is 1.13 bits per heavy atom. The number of halogens is 2. The fourth-order valence-corrected chi connectivity index (χ4v) is 3.38. The fourth-order valence-electron chi connectivity index (χ4n) is 3.03. The lowest BCUT2D eigenvalue weighted by Crippen LogP contribution is -2.17. The Morgan fingerprint density at radius 2 is 0.767 bits per heavy atom. The van der Waals surface area contributed by atoms with Gasteiger partial charge in [0, 0.05) is 11.1 Å². The summed E-state index contributed by atoms with van der Waals surface area (Å²) in [4.78, 5) is 9.88. The first-order valence-electron chi connectivity index (χ1n) is 9.50. The summed E-state index contributed by atoms with van der Waals surface area (Å²) in [7, 11) is 0. The van der Waals surface area contributed by atoms with Gasteiger partial charge in [0.2, 0.25) is 0 Å². The average molecular weight is 429 g/mol. The molecule has 0 aliphatic heterocycles. The molecule has 0 aliphatic rings. The Kier molecular flexibility index (Phi) is 6.38. The third-order valence-corrected chi connectivity index (χ3v) is 5.13. The average Bonchev–Trinajstić information content (AvgIpc) is 2.80. The molecule has 0 bridgehead atoms. The van der Waals surface area contributed by atoms with Gasteiger partial charge in [-0.1, -0.05) is 108 Å². The van der Waals surface area contributed by atoms with Crippen LogP contribution in [0.1, 0.15) is 11.1 Å². The maximum absolute atomic E-state index is 6.42. The summed E-state index contributed by atoms with van der Waals surface area (Å²) < 4.78 is 0. The van der Waals surface area contributed by atoms with Crippen molar-refractivity contribution in [3.63, 3.8) is 0 Å². The highest BCUT2D eigenvalue weighted by Crippen LogP contribution is 2.28. The summed E-state index contributed by atoms with van der Waals surface area (Å²) in [5.41, 5.74) is 4.67. The molecule has 4 heteroatoms. The number of rotatable bonds is 5. The molecule has 30 heavy (non-hydrogen) atoms. The summed E-state index contributed by atoms with van der Waals surface area (Å²) in [6.07, 6.45) is 0. The van der Waals surface area contributed by atoms with Gasteiger partial charge >= 0.3 is 0 Å². The monoisotopic (exact) mass is 428 g/mol. The van der Waals surface area contributed by atoms with E-state index in [1.807, 2.05) is 109 Å². The zero-order chi connectivity index (χ0) is 20.8. The minimum absolute atomic E-state index is 0.580. The molecule has 0 radical (unpaired) electrons. The number of aliphatic imine (C=N–C) groups is 2. The first-order chi connectivity index (χ1) is 14.7. The largest absolute Gasteiger partial charge is 0.245 e. The van der Waals surface area contributed by atoms with Crippen molar-refractivity contribution in [2.45, 2.75) is 0 Å². The molecule has 0 atom stereocenters. The van der Waals surface area contributed by atoms with E-state index in [9.17, 15) is 0 Å². The van der Waals surface area contributed by atoms with E-state index >= 15 is 0 Å². The molecule has 146 valence electrons. The van der Waals surface area contributed by atoms with Gasteiger partial charge in [0.1, 0.15) is 0 Å². The Labute approximate surface area is 186 Å². The third-order valence-electron chi connectivity index (χ3n) is 4.49. The Morgan fingerprint density at radius 1 is 0.433 bits per heavy atom. The SMILES string of the molecule is Clc1ccccc1N=C(C(=Nc1ccccc1Cl)c1ccccc1)c1ccccc1. The van der Waals surface area contributed by atoms with E-state index in [2.05, 4.69) is 0 Å². The third kappa shape index (κ3) is 4.68. The lowest BCUT2D eigenvalue weighted by Gasteiger charge is -2.13. The molecule has 0 fully saturated rings. The second-order valence-electron chi connectivity index (χ2n) is 6.56. The number of benzene rings is 4. The van der Waals surface area contributed by atoms with Crippen molar-refractivity contribution in [1.29, 1.82) is 0 Å². The van der Waals surface area contributed by atoms with E-state index in [-0.39, 0.29) is 0 Å². The van der Waals surface area contributed by atoms with Crippen molar-refractivity contribution in [1.82, 2.24) is 0 Å². The van der Waals surface area contributed by atoms with E-state index in [1.165, 1.54) is 0 Å². The van der Waals surface area contributed by atoms with Gasteiger partial charge in [-0.2, -0.15) is 0 Å². The predicted molar refractivity (Wildman–Crippen MR) is 128 cm³/mol. The highest BCUT2D eigenvalue weighted by molar-refractivity contribution is 6.54. The first-order valence-corrected chi connectivity index (χ1v) is 10.3. The Hall–Kier alpha value is -3.20. The molecule has 4 rings (SSSR count). The van der Waals surface area contributed by atoms with Gasteiger partial charge in [0.05, 0.1) is 32.8 Å². The van der Waals surface area contributed by atoms with Gasteiger partial charge in [0.15, 0.2) is 0 Å². The quantitative estimate of drug-likeness (QED) is 0.288. The zero-order valence-corrected chi connectivity index (χ0v) is 17.6. The second kappa shape index (κ2) is 9.53. The van der Waals surface area contributed by atoms with Gasteiger partial charge in [-0.25, -0.2) is 9.98 Å². The predicted octanol–water partition coefficient (Wildman–Crippen LogP) is 7.94. The van der Waals surface area contributed by atoms with Gasteiger partial charge in [-0.15, -0.1) is 0 Å². The summed E-state index contributed by atoms with van der Waals surface area (Å²) in [5, 5.41) is 1.16. The Balaban J connectivity index is 1.99. The van der Waals surface area contributed by atoms with Crippen LogP contribution < -0.4 is 0 Å². The van der Waals surface area contributed by atoms with Gasteiger partial charge in [-0.05, 0) is 24.3 Å². The maximum atomic E-state index is 6.42. The molecule has 0 aliphatic carbocycles. The van der Waals surface area contributed by atoms with Crippen LogP contribution in [0.25, 0.3) is 0 Å². The van der Waals surface area contributed by atoms with Crippen molar-refractivity contribution < 1.29 is 0 Å². The molecule has 0 spiro atoms. The lowest BCUT2D eigenvalue weighted by molar-refractivity contribution is 1.47. The summed E-state index contributed by atoms with van der Waals surface area (Å²) in [6, 6.07) is 35.0. The summed E-state index contributed by atoms with van der Waals surface area (Å²) >= 11 is 12.8. The minimum Gasteiger partial charge on any atom is -0.245 e. The number of hydrogen-bond acceptors (Lipinski definition) is 2. The lowest BCUT2D eigenvalue weighted by atomic mass is 9.99. The van der Waals surface area contributed by atoms with Crippen molar-refractivity contribution in [3.8, 4) is 0 Å². The maximum Gasteiger partial charge on any atom is 0.0972 e. The molecule has 2 nitrogen and oxygen atoms in total. The van der Waals surface area contributed by atoms with E-state index in [0.29, 0.717) is 21.4 Å². The molecule has 0 amide bonds. The van der Waals surface area contributed by atoms with Crippen LogP contribution in [-0.4, -0.2) is 11.4 Å². The van der Waals surface area contributed by atoms with Crippen LogP contribution in [0.5, 0.6) is 0 Å². The van der Waals surface area contributed by atoms with Crippen molar-refractivity contribution in [2.24, 2.45) is 9.98 Å². The number of para-hydroxylation sites is 2. The van der Waals surface area contributed by atoms with Crippen LogP contribution in [-0.2, 0) is 0 Å². The van der Waals surface area contributed by atoms with Crippen LogP contribution in [0.15, 0.2) is 119 Å². The van der Waals surface area contributed by atoms with Gasteiger partial charge in [0.25, 0.3) is 0 Å². The van der Waals surface area contributed by atoms with Crippen LogP contribution in [0.2, 0.25) is 10.0 Å². The topological polar surface area (TPSA) is 24.7 Å². The highest BCUT2D eigenvalue weighted by atomic mass is 35.5. The highest BCUT2D eigenvalue weighted by Gasteiger charge is 2.16. The number of hydrogen-bond donors (Lipinski definition) is 0. The summed E-state index contributed by atoms with van der Waals surface area (Å²) in [6.45, 7) is 0. The molecule has 0 saturated carbocycles. The molecule has 0 saturated heterocycles. The van der Waals surface area contributed by atoms with Gasteiger partial charge in [-0.3, -0.25) is 0 Å².